The molecule has 1 saturated heterocycles. The summed E-state index contributed by atoms with van der Waals surface area (Å²) in [4.78, 5) is 29.8. The summed E-state index contributed by atoms with van der Waals surface area (Å²) in [5.74, 6) is 1.08. The largest absolute Gasteiger partial charge is 0.496 e. The molecular formula is C19H18N4O4. The molecule has 0 radical (unpaired) electrons. The molecule has 0 spiro atoms. The van der Waals surface area contributed by atoms with Crippen molar-refractivity contribution in [1.29, 1.82) is 0 Å². The Morgan fingerprint density at radius 2 is 2.00 bits per heavy atom. The normalized spacial score (nSPS) is 16.6. The highest BCUT2D eigenvalue weighted by atomic mass is 16.6. The number of methoxy groups -OCH3 is 1. The molecule has 3 heterocycles. The summed E-state index contributed by atoms with van der Waals surface area (Å²) in [5.41, 5.74) is 0.298. The van der Waals surface area contributed by atoms with Crippen LogP contribution in [0.15, 0.2) is 53.5 Å². The summed E-state index contributed by atoms with van der Waals surface area (Å²) >= 11 is 0. The van der Waals surface area contributed by atoms with E-state index in [0.717, 1.165) is 17.7 Å². The third-order valence-electron chi connectivity index (χ3n) is 4.94. The average Bonchev–Trinajstić information content (AvgIpc) is 3.17. The molecule has 1 fully saturated rings. The van der Waals surface area contributed by atoms with Gasteiger partial charge in [-0.05, 0) is 30.2 Å². The summed E-state index contributed by atoms with van der Waals surface area (Å²) in [6.45, 7) is 1.12. The van der Waals surface area contributed by atoms with E-state index >= 15 is 0 Å². The molecular weight excluding hydrogens is 348 g/mol. The molecule has 0 bridgehead atoms. The molecule has 2 aromatic heterocycles. The van der Waals surface area contributed by atoms with E-state index in [0.29, 0.717) is 18.7 Å². The van der Waals surface area contributed by atoms with Crippen LogP contribution < -0.4 is 15.2 Å². The van der Waals surface area contributed by atoms with E-state index in [1.54, 1.807) is 25.3 Å². The van der Waals surface area contributed by atoms with Crippen LogP contribution in [0.1, 0.15) is 17.9 Å². The fourth-order valence-electron chi connectivity index (χ4n) is 3.66. The maximum atomic E-state index is 12.6. The van der Waals surface area contributed by atoms with Crippen molar-refractivity contribution in [3.8, 4) is 5.75 Å². The van der Waals surface area contributed by atoms with Crippen molar-refractivity contribution in [1.82, 2.24) is 9.38 Å². The predicted octanol–water partition coefficient (Wildman–Crippen LogP) is 2.61. The molecule has 1 aliphatic rings. The van der Waals surface area contributed by atoms with Crippen LogP contribution in [0.3, 0.4) is 0 Å². The Labute approximate surface area is 154 Å². The van der Waals surface area contributed by atoms with Crippen LogP contribution in [-0.2, 0) is 0 Å². The van der Waals surface area contributed by atoms with Gasteiger partial charge in [0, 0.05) is 25.2 Å². The summed E-state index contributed by atoms with van der Waals surface area (Å²) in [5, 5.41) is 11.6. The van der Waals surface area contributed by atoms with Gasteiger partial charge in [-0.25, -0.2) is 4.98 Å². The van der Waals surface area contributed by atoms with Crippen molar-refractivity contribution in [3.63, 3.8) is 0 Å². The molecule has 0 amide bonds. The number of nitro groups is 1. The first-order chi connectivity index (χ1) is 13.1. The van der Waals surface area contributed by atoms with Gasteiger partial charge in [-0.15, -0.1) is 0 Å². The number of hydrogen-bond donors (Lipinski definition) is 0. The third kappa shape index (κ3) is 2.88. The Morgan fingerprint density at radius 1 is 1.22 bits per heavy atom. The van der Waals surface area contributed by atoms with Crippen LogP contribution >= 0.6 is 0 Å². The zero-order chi connectivity index (χ0) is 19.0. The first kappa shape index (κ1) is 17.0. The van der Waals surface area contributed by atoms with Crippen molar-refractivity contribution >= 4 is 17.2 Å². The molecule has 138 valence electrons. The van der Waals surface area contributed by atoms with E-state index in [-0.39, 0.29) is 11.7 Å². The van der Waals surface area contributed by atoms with Crippen LogP contribution in [0.25, 0.3) is 5.65 Å². The van der Waals surface area contributed by atoms with E-state index in [9.17, 15) is 14.9 Å². The molecule has 1 aromatic carbocycles. The molecule has 0 N–H and O–H groups in total. The number of aromatic nitrogens is 2. The topological polar surface area (TPSA) is 90.0 Å². The van der Waals surface area contributed by atoms with Crippen molar-refractivity contribution in [2.75, 3.05) is 25.1 Å². The molecule has 8 heteroatoms. The minimum Gasteiger partial charge on any atom is -0.496 e. The van der Waals surface area contributed by atoms with Gasteiger partial charge >= 0.3 is 11.2 Å². The molecule has 0 aliphatic carbocycles. The van der Waals surface area contributed by atoms with Crippen molar-refractivity contribution in [2.45, 2.75) is 12.3 Å². The first-order valence-electron chi connectivity index (χ1n) is 8.64. The zero-order valence-corrected chi connectivity index (χ0v) is 14.7. The van der Waals surface area contributed by atoms with Crippen LogP contribution in [0.5, 0.6) is 5.75 Å². The van der Waals surface area contributed by atoms with Gasteiger partial charge < -0.3 is 9.64 Å². The number of benzene rings is 1. The molecule has 1 atom stereocenters. The van der Waals surface area contributed by atoms with E-state index in [1.165, 1.54) is 10.6 Å². The van der Waals surface area contributed by atoms with Crippen LogP contribution in [0, 0.1) is 10.1 Å². The second-order valence-corrected chi connectivity index (χ2v) is 6.45. The summed E-state index contributed by atoms with van der Waals surface area (Å²) in [7, 11) is 1.63. The number of hydrogen-bond acceptors (Lipinski definition) is 6. The van der Waals surface area contributed by atoms with Gasteiger partial charge in [-0.1, -0.05) is 24.3 Å². The van der Waals surface area contributed by atoms with Gasteiger partial charge in [0.25, 0.3) is 0 Å². The number of rotatable bonds is 4. The zero-order valence-electron chi connectivity index (χ0n) is 14.7. The minimum atomic E-state index is -0.665. The SMILES string of the molecule is COc1ccccc1C1CCN(c2nc3ccccn3c(=O)c2[N+](=O)[O-])C1. The number of fused-ring (bicyclic) bond motifs is 1. The maximum absolute atomic E-state index is 12.6. The van der Waals surface area contributed by atoms with Crippen molar-refractivity contribution in [3.05, 3.63) is 74.7 Å². The lowest BCUT2D eigenvalue weighted by atomic mass is 9.97. The lowest BCUT2D eigenvalue weighted by Gasteiger charge is -2.18. The third-order valence-corrected chi connectivity index (χ3v) is 4.94. The molecule has 27 heavy (non-hydrogen) atoms. The number of para-hydroxylation sites is 1. The van der Waals surface area contributed by atoms with E-state index in [1.807, 2.05) is 29.2 Å². The Kier molecular flexibility index (Phi) is 4.23. The number of anilines is 1. The summed E-state index contributed by atoms with van der Waals surface area (Å²) < 4.78 is 6.65. The van der Waals surface area contributed by atoms with Crippen molar-refractivity contribution in [2.24, 2.45) is 0 Å². The Morgan fingerprint density at radius 3 is 2.78 bits per heavy atom. The van der Waals surface area contributed by atoms with E-state index in [2.05, 4.69) is 4.98 Å². The van der Waals surface area contributed by atoms with Crippen LogP contribution in [-0.4, -0.2) is 34.5 Å². The fraction of sp³-hybridized carbons (Fsp3) is 0.263. The highest BCUT2D eigenvalue weighted by Gasteiger charge is 2.33. The number of nitrogens with zero attached hydrogens (tertiary/aromatic N) is 4. The summed E-state index contributed by atoms with van der Waals surface area (Å²) in [6, 6.07) is 12.8. The Balaban J connectivity index is 1.76. The quantitative estimate of drug-likeness (QED) is 0.521. The highest BCUT2D eigenvalue weighted by Crippen LogP contribution is 2.36. The molecule has 8 nitrogen and oxygen atoms in total. The lowest BCUT2D eigenvalue weighted by Crippen LogP contribution is -2.27. The second kappa shape index (κ2) is 6.71. The smallest absolute Gasteiger partial charge is 0.376 e. The fourth-order valence-corrected chi connectivity index (χ4v) is 3.66. The van der Waals surface area contributed by atoms with Crippen LogP contribution in [0.2, 0.25) is 0 Å². The number of pyridine rings is 1. The second-order valence-electron chi connectivity index (χ2n) is 6.45. The van der Waals surface area contributed by atoms with Crippen molar-refractivity contribution < 1.29 is 9.66 Å². The molecule has 1 unspecified atom stereocenters. The van der Waals surface area contributed by atoms with Gasteiger partial charge in [0.2, 0.25) is 5.82 Å². The van der Waals surface area contributed by atoms with Gasteiger partial charge in [0.05, 0.1) is 12.0 Å². The monoisotopic (exact) mass is 366 g/mol. The highest BCUT2D eigenvalue weighted by molar-refractivity contribution is 5.62. The van der Waals surface area contributed by atoms with Gasteiger partial charge in [0.1, 0.15) is 11.4 Å². The van der Waals surface area contributed by atoms with Gasteiger partial charge in [-0.3, -0.25) is 19.3 Å². The number of ether oxygens (including phenoxy) is 1. The Hall–Kier alpha value is -3.42. The van der Waals surface area contributed by atoms with E-state index < -0.39 is 16.2 Å². The molecule has 3 aromatic rings. The summed E-state index contributed by atoms with van der Waals surface area (Å²) in [6.07, 6.45) is 2.29. The predicted molar refractivity (Wildman–Crippen MR) is 101 cm³/mol. The average molecular weight is 366 g/mol. The molecule has 0 saturated carbocycles. The Bertz CT molecular complexity index is 1080. The minimum absolute atomic E-state index is 0.133. The van der Waals surface area contributed by atoms with Gasteiger partial charge in [-0.2, -0.15) is 0 Å². The molecule has 4 rings (SSSR count). The maximum Gasteiger partial charge on any atom is 0.376 e. The van der Waals surface area contributed by atoms with E-state index in [4.69, 9.17) is 4.74 Å². The van der Waals surface area contributed by atoms with Gasteiger partial charge in [0.15, 0.2) is 0 Å². The molecule has 1 aliphatic heterocycles. The lowest BCUT2D eigenvalue weighted by molar-refractivity contribution is -0.385. The standard InChI is InChI=1S/C19H18N4O4/c1-27-15-7-3-2-6-14(15)13-9-11-21(12-13)18-17(23(25)26)19(24)22-10-5-4-8-16(22)20-18/h2-8,10,13H,9,11-12H2,1H3. The van der Waals surface area contributed by atoms with Crippen LogP contribution in [0.4, 0.5) is 11.5 Å². The first-order valence-corrected chi connectivity index (χ1v) is 8.64.